The Morgan fingerprint density at radius 1 is 1.47 bits per heavy atom. The first-order valence-electron chi connectivity index (χ1n) is 6.13. The van der Waals surface area contributed by atoms with E-state index in [0.29, 0.717) is 30.6 Å². The zero-order chi connectivity index (χ0) is 14.3. The van der Waals surface area contributed by atoms with Crippen molar-refractivity contribution in [2.24, 2.45) is 0 Å². The molecule has 1 rings (SSSR count). The van der Waals surface area contributed by atoms with Crippen LogP contribution in [0.25, 0.3) is 0 Å². The molecule has 0 atom stereocenters. The van der Waals surface area contributed by atoms with Gasteiger partial charge in [-0.15, -0.1) is 0 Å². The number of carbonyl (C=O) groups is 1. The number of methoxy groups -OCH3 is 1. The quantitative estimate of drug-likeness (QED) is 0.736. The molecule has 1 heterocycles. The molecule has 106 valence electrons. The van der Waals surface area contributed by atoms with Gasteiger partial charge in [0.2, 0.25) is 5.91 Å². The fourth-order valence-corrected chi connectivity index (χ4v) is 1.55. The molecule has 7 nitrogen and oxygen atoms in total. The van der Waals surface area contributed by atoms with Crippen LogP contribution in [-0.4, -0.2) is 50.2 Å². The highest BCUT2D eigenvalue weighted by Crippen LogP contribution is 2.14. The SMILES string of the molecule is CCNC(=O)CN(C)c1cc(NC)nc(COC)n1. The summed E-state index contributed by atoms with van der Waals surface area (Å²) in [4.78, 5) is 21.9. The maximum atomic E-state index is 11.6. The summed E-state index contributed by atoms with van der Waals surface area (Å²) in [6, 6.07) is 1.79. The Morgan fingerprint density at radius 3 is 2.79 bits per heavy atom. The number of nitrogens with one attached hydrogen (secondary N) is 2. The van der Waals surface area contributed by atoms with Crippen molar-refractivity contribution >= 4 is 17.5 Å². The second kappa shape index (κ2) is 7.52. The summed E-state index contributed by atoms with van der Waals surface area (Å²) >= 11 is 0. The molecule has 0 radical (unpaired) electrons. The molecule has 1 aromatic rings. The molecule has 0 bridgehead atoms. The van der Waals surface area contributed by atoms with Crippen LogP contribution >= 0.6 is 0 Å². The Labute approximate surface area is 113 Å². The molecule has 0 fully saturated rings. The van der Waals surface area contributed by atoms with Gasteiger partial charge in [0.15, 0.2) is 5.82 Å². The van der Waals surface area contributed by atoms with E-state index in [4.69, 9.17) is 4.74 Å². The summed E-state index contributed by atoms with van der Waals surface area (Å²) in [5.74, 6) is 1.91. The van der Waals surface area contributed by atoms with Gasteiger partial charge in [-0.05, 0) is 6.92 Å². The predicted octanol–water partition coefficient (Wildman–Crippen LogP) is 0.237. The van der Waals surface area contributed by atoms with Crippen molar-refractivity contribution in [3.63, 3.8) is 0 Å². The fraction of sp³-hybridized carbons (Fsp3) is 0.583. The van der Waals surface area contributed by atoms with Gasteiger partial charge in [0.1, 0.15) is 18.2 Å². The molecule has 19 heavy (non-hydrogen) atoms. The molecule has 0 aliphatic carbocycles. The average Bonchev–Trinajstić information content (AvgIpc) is 2.38. The molecule has 0 aliphatic rings. The summed E-state index contributed by atoms with van der Waals surface area (Å²) in [5, 5.41) is 5.72. The summed E-state index contributed by atoms with van der Waals surface area (Å²) < 4.78 is 5.03. The summed E-state index contributed by atoms with van der Waals surface area (Å²) in [5.41, 5.74) is 0. The average molecular weight is 267 g/mol. The Morgan fingerprint density at radius 2 is 2.21 bits per heavy atom. The molecular weight excluding hydrogens is 246 g/mol. The van der Waals surface area contributed by atoms with Crippen molar-refractivity contribution in [1.29, 1.82) is 0 Å². The topological polar surface area (TPSA) is 79.4 Å². The summed E-state index contributed by atoms with van der Waals surface area (Å²) in [6.45, 7) is 3.09. The van der Waals surface area contributed by atoms with Gasteiger partial charge in [0.05, 0.1) is 6.54 Å². The summed E-state index contributed by atoms with van der Waals surface area (Å²) in [6.07, 6.45) is 0. The second-order valence-electron chi connectivity index (χ2n) is 4.02. The lowest BCUT2D eigenvalue weighted by molar-refractivity contribution is -0.119. The Hall–Kier alpha value is -1.89. The molecule has 0 saturated carbocycles. The molecule has 7 heteroatoms. The molecule has 0 saturated heterocycles. The van der Waals surface area contributed by atoms with Crippen LogP contribution in [0.2, 0.25) is 0 Å². The van der Waals surface area contributed by atoms with Crippen molar-refractivity contribution < 1.29 is 9.53 Å². The van der Waals surface area contributed by atoms with Crippen LogP contribution in [0.1, 0.15) is 12.7 Å². The second-order valence-corrected chi connectivity index (χ2v) is 4.02. The zero-order valence-electron chi connectivity index (χ0n) is 11.9. The van der Waals surface area contributed by atoms with Gasteiger partial charge in [-0.1, -0.05) is 0 Å². The molecule has 2 N–H and O–H groups in total. The van der Waals surface area contributed by atoms with Crippen LogP contribution in [0.5, 0.6) is 0 Å². The number of likely N-dealkylation sites (N-methyl/N-ethyl adjacent to an activating group) is 2. The van der Waals surface area contributed by atoms with Crippen molar-refractivity contribution in [1.82, 2.24) is 15.3 Å². The van der Waals surface area contributed by atoms with Crippen molar-refractivity contribution in [2.45, 2.75) is 13.5 Å². The third-order valence-electron chi connectivity index (χ3n) is 2.43. The molecule has 0 spiro atoms. The van der Waals surface area contributed by atoms with Crippen molar-refractivity contribution in [2.75, 3.05) is 44.5 Å². The third kappa shape index (κ3) is 4.70. The van der Waals surface area contributed by atoms with E-state index in [0.717, 1.165) is 0 Å². The van der Waals surface area contributed by atoms with Crippen molar-refractivity contribution in [3.8, 4) is 0 Å². The number of aromatic nitrogens is 2. The molecule has 0 unspecified atom stereocenters. The predicted molar refractivity (Wildman–Crippen MR) is 74.2 cm³/mol. The van der Waals surface area contributed by atoms with E-state index < -0.39 is 0 Å². The number of anilines is 2. The monoisotopic (exact) mass is 267 g/mol. The zero-order valence-corrected chi connectivity index (χ0v) is 11.9. The first-order valence-corrected chi connectivity index (χ1v) is 6.13. The van der Waals surface area contributed by atoms with E-state index in [1.807, 2.05) is 14.0 Å². The molecule has 1 aromatic heterocycles. The lowest BCUT2D eigenvalue weighted by Gasteiger charge is -2.18. The van der Waals surface area contributed by atoms with Crippen LogP contribution in [0, 0.1) is 0 Å². The molecule has 0 aromatic carbocycles. The lowest BCUT2D eigenvalue weighted by atomic mass is 10.4. The Kier molecular flexibility index (Phi) is 6.01. The maximum Gasteiger partial charge on any atom is 0.239 e. The number of rotatable bonds is 7. The lowest BCUT2D eigenvalue weighted by Crippen LogP contribution is -2.35. The highest BCUT2D eigenvalue weighted by Gasteiger charge is 2.11. The van der Waals surface area contributed by atoms with Gasteiger partial charge < -0.3 is 20.3 Å². The van der Waals surface area contributed by atoms with Gasteiger partial charge in [0.25, 0.3) is 0 Å². The minimum Gasteiger partial charge on any atom is -0.377 e. The number of carbonyl (C=O) groups excluding carboxylic acids is 1. The third-order valence-corrected chi connectivity index (χ3v) is 2.43. The minimum absolute atomic E-state index is 0.0390. The van der Waals surface area contributed by atoms with E-state index in [9.17, 15) is 4.79 Å². The van der Waals surface area contributed by atoms with Gasteiger partial charge in [0, 0.05) is 33.8 Å². The minimum atomic E-state index is -0.0390. The van der Waals surface area contributed by atoms with E-state index >= 15 is 0 Å². The van der Waals surface area contributed by atoms with Crippen LogP contribution in [0.15, 0.2) is 6.07 Å². The van der Waals surface area contributed by atoms with Crippen LogP contribution < -0.4 is 15.5 Å². The first-order chi connectivity index (χ1) is 9.10. The van der Waals surface area contributed by atoms with Crippen LogP contribution in [0.3, 0.4) is 0 Å². The van der Waals surface area contributed by atoms with E-state index in [1.54, 1.807) is 25.1 Å². The normalized spacial score (nSPS) is 10.1. The van der Waals surface area contributed by atoms with E-state index in [1.165, 1.54) is 0 Å². The number of amides is 1. The standard InChI is InChI=1S/C12H21N5O2/c1-5-14-12(18)7-17(3)11-6-9(13-2)15-10(16-11)8-19-4/h6H,5,7-8H2,1-4H3,(H,14,18)(H,13,15,16). The van der Waals surface area contributed by atoms with Crippen LogP contribution in [0.4, 0.5) is 11.6 Å². The van der Waals surface area contributed by atoms with E-state index in [2.05, 4.69) is 20.6 Å². The smallest absolute Gasteiger partial charge is 0.239 e. The first kappa shape index (κ1) is 15.2. The van der Waals surface area contributed by atoms with Crippen molar-refractivity contribution in [3.05, 3.63) is 11.9 Å². The summed E-state index contributed by atoms with van der Waals surface area (Å²) in [7, 11) is 5.19. The molecular formula is C12H21N5O2. The highest BCUT2D eigenvalue weighted by atomic mass is 16.5. The van der Waals surface area contributed by atoms with Gasteiger partial charge in [-0.2, -0.15) is 0 Å². The Bertz CT molecular complexity index is 425. The molecule has 0 aliphatic heterocycles. The number of hydrogen-bond donors (Lipinski definition) is 2. The van der Waals surface area contributed by atoms with Gasteiger partial charge in [-0.25, -0.2) is 9.97 Å². The number of nitrogens with zero attached hydrogens (tertiary/aromatic N) is 3. The fourth-order valence-electron chi connectivity index (χ4n) is 1.55. The van der Waals surface area contributed by atoms with E-state index in [-0.39, 0.29) is 12.5 Å². The van der Waals surface area contributed by atoms with Gasteiger partial charge >= 0.3 is 0 Å². The Balaban J connectivity index is 2.85. The van der Waals surface area contributed by atoms with Gasteiger partial charge in [-0.3, -0.25) is 4.79 Å². The highest BCUT2D eigenvalue weighted by molar-refractivity contribution is 5.80. The molecule has 1 amide bonds. The number of hydrogen-bond acceptors (Lipinski definition) is 6. The number of ether oxygens (including phenoxy) is 1. The maximum absolute atomic E-state index is 11.6. The largest absolute Gasteiger partial charge is 0.377 e. The van der Waals surface area contributed by atoms with Crippen LogP contribution in [-0.2, 0) is 16.1 Å².